The van der Waals surface area contributed by atoms with Gasteiger partial charge in [-0.15, -0.1) is 0 Å². The van der Waals surface area contributed by atoms with Gasteiger partial charge in [-0.25, -0.2) is 0 Å². The van der Waals surface area contributed by atoms with Gasteiger partial charge in [0.15, 0.2) is 0 Å². The number of rotatable bonds is 5. The first-order chi connectivity index (χ1) is 13.1. The fourth-order valence-electron chi connectivity index (χ4n) is 2.68. The van der Waals surface area contributed by atoms with E-state index in [4.69, 9.17) is 4.74 Å². The van der Waals surface area contributed by atoms with Crippen molar-refractivity contribution in [3.05, 3.63) is 70.6 Å². The average molecular weight is 412 g/mol. The second kappa shape index (κ2) is 7.19. The van der Waals surface area contributed by atoms with Crippen LogP contribution in [0.2, 0.25) is 0 Å². The van der Waals surface area contributed by atoms with Crippen LogP contribution in [-0.4, -0.2) is 25.6 Å². The lowest BCUT2D eigenvalue weighted by Gasteiger charge is -2.13. The average Bonchev–Trinajstić information content (AvgIpc) is 2.64. The van der Waals surface area contributed by atoms with E-state index in [1.165, 1.54) is 40.7 Å². The quantitative estimate of drug-likeness (QED) is 0.698. The number of benzene rings is 2. The van der Waals surface area contributed by atoms with Crippen LogP contribution in [0.3, 0.4) is 0 Å². The highest BCUT2D eigenvalue weighted by Gasteiger charge is 2.45. The fourth-order valence-corrected chi connectivity index (χ4v) is 3.24. The number of hydrogen-bond acceptors (Lipinski definition) is 4. The van der Waals surface area contributed by atoms with Crippen LogP contribution >= 0.6 is 0 Å². The summed E-state index contributed by atoms with van der Waals surface area (Å²) < 4.78 is 67.8. The highest BCUT2D eigenvalue weighted by atomic mass is 32.2. The number of sulfonamides is 1. The van der Waals surface area contributed by atoms with Gasteiger partial charge in [-0.1, -0.05) is 30.3 Å². The summed E-state index contributed by atoms with van der Waals surface area (Å²) in [6.45, 7) is 0.131. The van der Waals surface area contributed by atoms with Crippen LogP contribution in [0.15, 0.2) is 59.5 Å². The Balaban J connectivity index is 1.89. The minimum atomic E-state index is -5.48. The van der Waals surface area contributed by atoms with Gasteiger partial charge in [-0.2, -0.15) is 21.6 Å². The summed E-state index contributed by atoms with van der Waals surface area (Å²) in [5, 5.41) is 1.14. The van der Waals surface area contributed by atoms with E-state index in [0.29, 0.717) is 22.1 Å². The predicted octanol–water partition coefficient (Wildman–Crippen LogP) is 3.32. The van der Waals surface area contributed by atoms with Gasteiger partial charge in [0.2, 0.25) is 0 Å². The van der Waals surface area contributed by atoms with Gasteiger partial charge >= 0.3 is 15.5 Å². The smallest absolute Gasteiger partial charge is 0.495 e. The molecule has 3 rings (SSSR count). The van der Waals surface area contributed by atoms with Gasteiger partial charge < -0.3 is 9.30 Å². The number of pyridine rings is 1. The molecule has 6 nitrogen and oxygen atoms in total. The topological polar surface area (TPSA) is 77.4 Å². The number of fused-ring (bicyclic) bond motifs is 1. The molecule has 0 saturated heterocycles. The Morgan fingerprint density at radius 3 is 2.21 bits per heavy atom. The normalized spacial score (nSPS) is 12.1. The zero-order valence-corrected chi connectivity index (χ0v) is 15.3. The number of nitrogens with one attached hydrogen (secondary N) is 1. The number of aromatic nitrogens is 1. The lowest BCUT2D eigenvalue weighted by atomic mass is 10.1. The monoisotopic (exact) mass is 412 g/mol. The number of nitrogens with zero attached hydrogens (tertiary/aromatic N) is 1. The summed E-state index contributed by atoms with van der Waals surface area (Å²) in [6.07, 6.45) is 1.55. The largest absolute Gasteiger partial charge is 0.516 e. The number of ether oxygens (including phenoxy) is 1. The van der Waals surface area contributed by atoms with E-state index in [9.17, 15) is 26.4 Å². The van der Waals surface area contributed by atoms with Crippen molar-refractivity contribution in [1.82, 2.24) is 4.57 Å². The number of halogens is 3. The maximum absolute atomic E-state index is 12.7. The molecule has 0 aliphatic rings. The second-order valence-corrected chi connectivity index (χ2v) is 7.60. The predicted molar refractivity (Wildman–Crippen MR) is 98.9 cm³/mol. The molecule has 10 heteroatoms. The van der Waals surface area contributed by atoms with Crippen molar-refractivity contribution in [3.8, 4) is 5.75 Å². The van der Waals surface area contributed by atoms with E-state index in [-0.39, 0.29) is 17.8 Å². The van der Waals surface area contributed by atoms with Crippen LogP contribution in [0.25, 0.3) is 10.8 Å². The highest BCUT2D eigenvalue weighted by molar-refractivity contribution is 7.93. The molecule has 0 spiro atoms. The third kappa shape index (κ3) is 3.81. The second-order valence-electron chi connectivity index (χ2n) is 5.92. The zero-order valence-electron chi connectivity index (χ0n) is 14.5. The summed E-state index contributed by atoms with van der Waals surface area (Å²) in [5.74, 6) is 0.504. The Morgan fingerprint density at radius 2 is 1.64 bits per heavy atom. The molecule has 0 unspecified atom stereocenters. The van der Waals surface area contributed by atoms with Crippen LogP contribution in [-0.2, 0) is 16.6 Å². The molecule has 0 amide bonds. The summed E-state index contributed by atoms with van der Waals surface area (Å²) >= 11 is 0. The maximum Gasteiger partial charge on any atom is 0.516 e. The summed E-state index contributed by atoms with van der Waals surface area (Å²) in [4.78, 5) is 12.7. The molecule has 3 aromatic rings. The molecule has 0 aliphatic heterocycles. The van der Waals surface area contributed by atoms with Crippen LogP contribution in [0.4, 0.5) is 18.9 Å². The molecule has 1 aromatic heterocycles. The number of hydrogen-bond donors (Lipinski definition) is 1. The lowest BCUT2D eigenvalue weighted by molar-refractivity contribution is -0.0429. The summed E-state index contributed by atoms with van der Waals surface area (Å²) in [6, 6.07) is 12.2. The van der Waals surface area contributed by atoms with Gasteiger partial charge in [-0.05, 0) is 23.8 Å². The summed E-state index contributed by atoms with van der Waals surface area (Å²) in [7, 11) is -4.00. The first-order valence-corrected chi connectivity index (χ1v) is 9.45. The van der Waals surface area contributed by atoms with Crippen LogP contribution in [0, 0.1) is 0 Å². The van der Waals surface area contributed by atoms with Crippen molar-refractivity contribution in [3.63, 3.8) is 0 Å². The molecule has 1 heterocycles. The van der Waals surface area contributed by atoms with Gasteiger partial charge in [0.1, 0.15) is 5.75 Å². The van der Waals surface area contributed by atoms with Crippen LogP contribution in [0.5, 0.6) is 5.75 Å². The molecule has 2 aromatic carbocycles. The Labute approximate surface area is 158 Å². The SMILES string of the molecule is COc1cn(Cc2ccc(NS(=O)(=O)C(F)(F)F)cc2)c(=O)c2ccccc12. The molecule has 0 bridgehead atoms. The third-order valence-corrected chi connectivity index (χ3v) is 5.15. The molecule has 0 fully saturated rings. The summed E-state index contributed by atoms with van der Waals surface area (Å²) in [5.41, 5.74) is -5.29. The van der Waals surface area contributed by atoms with Crippen LogP contribution < -0.4 is 15.0 Å². The van der Waals surface area contributed by atoms with E-state index >= 15 is 0 Å². The van der Waals surface area contributed by atoms with Crippen molar-refractivity contribution in [1.29, 1.82) is 0 Å². The molecule has 0 atom stereocenters. The van der Waals surface area contributed by atoms with Crippen molar-refractivity contribution in [2.75, 3.05) is 11.8 Å². The maximum atomic E-state index is 12.7. The Hall–Kier alpha value is -3.01. The molecule has 1 N–H and O–H groups in total. The van der Waals surface area contributed by atoms with E-state index in [1.807, 2.05) is 0 Å². The molecule has 0 radical (unpaired) electrons. The third-order valence-electron chi connectivity index (χ3n) is 4.04. The van der Waals surface area contributed by atoms with Crippen LogP contribution in [0.1, 0.15) is 5.56 Å². The standard InChI is InChI=1S/C18H15F3N2O4S/c1-27-16-11-23(17(24)15-5-3-2-4-14(15)16)10-12-6-8-13(9-7-12)22-28(25,26)18(19,20)21/h2-9,11,22H,10H2,1H3. The minimum absolute atomic E-state index is 0.131. The van der Waals surface area contributed by atoms with Crippen molar-refractivity contribution in [2.24, 2.45) is 0 Å². The minimum Gasteiger partial charge on any atom is -0.495 e. The van der Waals surface area contributed by atoms with E-state index in [1.54, 1.807) is 30.5 Å². The number of anilines is 1. The van der Waals surface area contributed by atoms with E-state index in [2.05, 4.69) is 0 Å². The number of alkyl halides is 3. The molecular weight excluding hydrogens is 397 g/mol. The Morgan fingerprint density at radius 1 is 1.04 bits per heavy atom. The Bertz CT molecular complexity index is 1170. The molecule has 0 aliphatic carbocycles. The first kappa shape index (κ1) is 19.7. The Kier molecular flexibility index (Phi) is 5.07. The van der Waals surface area contributed by atoms with Gasteiger partial charge in [-0.3, -0.25) is 9.52 Å². The van der Waals surface area contributed by atoms with Gasteiger partial charge in [0.25, 0.3) is 5.56 Å². The van der Waals surface area contributed by atoms with Gasteiger partial charge in [0.05, 0.1) is 25.2 Å². The van der Waals surface area contributed by atoms with Crippen molar-refractivity contribution < 1.29 is 26.3 Å². The fraction of sp³-hybridized carbons (Fsp3) is 0.167. The zero-order chi connectivity index (χ0) is 20.5. The van der Waals surface area contributed by atoms with E-state index < -0.39 is 15.5 Å². The molecular formula is C18H15F3N2O4S. The highest BCUT2D eigenvalue weighted by Crippen LogP contribution is 2.26. The van der Waals surface area contributed by atoms with Crippen molar-refractivity contribution in [2.45, 2.75) is 12.1 Å². The molecule has 28 heavy (non-hydrogen) atoms. The first-order valence-electron chi connectivity index (χ1n) is 7.96. The van der Waals surface area contributed by atoms with E-state index in [0.717, 1.165) is 0 Å². The van der Waals surface area contributed by atoms with Crippen molar-refractivity contribution >= 4 is 26.5 Å². The lowest BCUT2D eigenvalue weighted by Crippen LogP contribution is -2.29. The number of methoxy groups -OCH3 is 1. The molecule has 148 valence electrons. The molecule has 0 saturated carbocycles. The van der Waals surface area contributed by atoms with Gasteiger partial charge in [0, 0.05) is 11.1 Å².